The van der Waals surface area contributed by atoms with Crippen LogP contribution in [0.25, 0.3) is 0 Å². The van der Waals surface area contributed by atoms with Gasteiger partial charge >= 0.3 is 6.18 Å². The van der Waals surface area contributed by atoms with Gasteiger partial charge in [0.1, 0.15) is 5.75 Å². The van der Waals surface area contributed by atoms with Gasteiger partial charge in [-0.15, -0.1) is 0 Å². The van der Waals surface area contributed by atoms with E-state index in [2.05, 4.69) is 0 Å². The minimum Gasteiger partial charge on any atom is -0.508 e. The van der Waals surface area contributed by atoms with Gasteiger partial charge in [0.15, 0.2) is 0 Å². The highest BCUT2D eigenvalue weighted by Crippen LogP contribution is 2.34. The predicted octanol–water partition coefficient (Wildman–Crippen LogP) is 3.21. The molecule has 0 radical (unpaired) electrons. The Labute approximate surface area is 118 Å². The zero-order valence-electron chi connectivity index (χ0n) is 10.4. The molecule has 4 nitrogen and oxygen atoms in total. The second kappa shape index (κ2) is 5.28. The van der Waals surface area contributed by atoms with Crippen LogP contribution in [0.4, 0.5) is 18.9 Å². The highest BCUT2D eigenvalue weighted by Gasteiger charge is 2.36. The van der Waals surface area contributed by atoms with Gasteiger partial charge in [0, 0.05) is 5.69 Å². The van der Waals surface area contributed by atoms with Crippen molar-refractivity contribution >= 4 is 15.7 Å². The lowest BCUT2D eigenvalue weighted by molar-refractivity contribution is -0.139. The maximum absolute atomic E-state index is 12.8. The standard InChI is InChI=1S/C13H10F3NO3S/c14-13(15,16)11-3-1-2-4-12(11)21(19,20)17-9-5-7-10(18)8-6-9/h1-8,17-18H. The van der Waals surface area contributed by atoms with Crippen molar-refractivity contribution in [2.45, 2.75) is 11.1 Å². The van der Waals surface area contributed by atoms with Crippen LogP contribution in [0.15, 0.2) is 53.4 Å². The molecule has 2 N–H and O–H groups in total. The van der Waals surface area contributed by atoms with Crippen LogP contribution in [0.3, 0.4) is 0 Å². The Morgan fingerprint density at radius 3 is 2.10 bits per heavy atom. The maximum atomic E-state index is 12.8. The molecule has 0 heterocycles. The highest BCUT2D eigenvalue weighted by molar-refractivity contribution is 7.92. The third kappa shape index (κ3) is 3.46. The van der Waals surface area contributed by atoms with Crippen LogP contribution in [0.2, 0.25) is 0 Å². The lowest BCUT2D eigenvalue weighted by Gasteiger charge is -2.14. The quantitative estimate of drug-likeness (QED) is 0.854. The van der Waals surface area contributed by atoms with E-state index in [-0.39, 0.29) is 11.4 Å². The van der Waals surface area contributed by atoms with Gasteiger partial charge in [0.2, 0.25) is 0 Å². The monoisotopic (exact) mass is 317 g/mol. The third-order valence-electron chi connectivity index (χ3n) is 2.60. The van der Waals surface area contributed by atoms with E-state index in [0.29, 0.717) is 6.07 Å². The molecule has 21 heavy (non-hydrogen) atoms. The Kier molecular flexibility index (Phi) is 3.82. The molecular formula is C13H10F3NO3S. The third-order valence-corrected chi connectivity index (χ3v) is 4.04. The van der Waals surface area contributed by atoms with E-state index in [4.69, 9.17) is 5.11 Å². The summed E-state index contributed by atoms with van der Waals surface area (Å²) in [6, 6.07) is 8.81. The fourth-order valence-electron chi connectivity index (χ4n) is 1.67. The normalized spacial score (nSPS) is 12.1. The van der Waals surface area contributed by atoms with Gasteiger partial charge < -0.3 is 5.11 Å². The number of phenols is 1. The lowest BCUT2D eigenvalue weighted by atomic mass is 10.2. The number of rotatable bonds is 3. The van der Waals surface area contributed by atoms with Crippen LogP contribution in [0.5, 0.6) is 5.75 Å². The molecular weight excluding hydrogens is 307 g/mol. The van der Waals surface area contributed by atoms with Crippen molar-refractivity contribution in [1.82, 2.24) is 0 Å². The van der Waals surface area contributed by atoms with Crippen molar-refractivity contribution in [2.24, 2.45) is 0 Å². The van der Waals surface area contributed by atoms with Crippen LogP contribution in [0.1, 0.15) is 5.56 Å². The van der Waals surface area contributed by atoms with Crippen LogP contribution >= 0.6 is 0 Å². The fraction of sp³-hybridized carbons (Fsp3) is 0.0769. The molecule has 2 aromatic carbocycles. The summed E-state index contributed by atoms with van der Waals surface area (Å²) in [5, 5.41) is 9.10. The van der Waals surface area contributed by atoms with E-state index >= 15 is 0 Å². The number of anilines is 1. The molecule has 0 spiro atoms. The van der Waals surface area contributed by atoms with Crippen molar-refractivity contribution in [2.75, 3.05) is 4.72 Å². The Hall–Kier alpha value is -2.22. The molecule has 2 rings (SSSR count). The first kappa shape index (κ1) is 15.2. The summed E-state index contributed by atoms with van der Waals surface area (Å²) in [4.78, 5) is -0.856. The van der Waals surface area contributed by atoms with E-state index < -0.39 is 26.7 Å². The molecule has 0 aromatic heterocycles. The lowest BCUT2D eigenvalue weighted by Crippen LogP contribution is -2.18. The molecule has 0 aliphatic heterocycles. The number of aromatic hydroxyl groups is 1. The van der Waals surface area contributed by atoms with Crippen molar-refractivity contribution < 1.29 is 26.7 Å². The molecule has 0 bridgehead atoms. The van der Waals surface area contributed by atoms with Crippen LogP contribution in [0, 0.1) is 0 Å². The van der Waals surface area contributed by atoms with Gasteiger partial charge in [0.25, 0.3) is 10.0 Å². The summed E-state index contributed by atoms with van der Waals surface area (Å²) >= 11 is 0. The minimum atomic E-state index is -4.78. The molecule has 0 amide bonds. The summed E-state index contributed by atoms with van der Waals surface area (Å²) in [6.45, 7) is 0. The summed E-state index contributed by atoms with van der Waals surface area (Å²) < 4.78 is 64.7. The van der Waals surface area contributed by atoms with Gasteiger partial charge in [-0.05, 0) is 36.4 Å². The fourth-order valence-corrected chi connectivity index (χ4v) is 2.96. The average molecular weight is 317 g/mol. The van der Waals surface area contributed by atoms with Crippen LogP contribution in [-0.4, -0.2) is 13.5 Å². The minimum absolute atomic E-state index is 0.0461. The van der Waals surface area contributed by atoms with E-state index in [0.717, 1.165) is 12.1 Å². The molecule has 2 aromatic rings. The van der Waals surface area contributed by atoms with Crippen molar-refractivity contribution in [3.05, 3.63) is 54.1 Å². The van der Waals surface area contributed by atoms with Gasteiger partial charge in [-0.2, -0.15) is 13.2 Å². The SMILES string of the molecule is O=S(=O)(Nc1ccc(O)cc1)c1ccccc1C(F)(F)F. The molecule has 0 saturated heterocycles. The number of hydrogen-bond donors (Lipinski definition) is 2. The molecule has 8 heteroatoms. The van der Waals surface area contributed by atoms with Gasteiger partial charge in [-0.25, -0.2) is 8.42 Å². The van der Waals surface area contributed by atoms with Crippen LogP contribution < -0.4 is 4.72 Å². The zero-order valence-corrected chi connectivity index (χ0v) is 11.2. The van der Waals surface area contributed by atoms with Crippen molar-refractivity contribution in [1.29, 1.82) is 0 Å². The van der Waals surface area contributed by atoms with Gasteiger partial charge in [-0.1, -0.05) is 12.1 Å². The molecule has 0 fully saturated rings. The van der Waals surface area contributed by atoms with Crippen LogP contribution in [-0.2, 0) is 16.2 Å². The predicted molar refractivity (Wildman–Crippen MR) is 70.4 cm³/mol. The second-order valence-corrected chi connectivity index (χ2v) is 5.80. The Bertz CT molecular complexity index is 740. The summed E-state index contributed by atoms with van der Waals surface area (Å²) in [7, 11) is -4.39. The van der Waals surface area contributed by atoms with Crippen molar-refractivity contribution in [3.8, 4) is 5.75 Å². The first-order chi connectivity index (χ1) is 9.70. The largest absolute Gasteiger partial charge is 0.508 e. The number of sulfonamides is 1. The molecule has 0 unspecified atom stereocenters. The topological polar surface area (TPSA) is 66.4 Å². The molecule has 0 aliphatic rings. The van der Waals surface area contributed by atoms with E-state index in [9.17, 15) is 21.6 Å². The molecule has 112 valence electrons. The van der Waals surface area contributed by atoms with Gasteiger partial charge in [-0.3, -0.25) is 4.72 Å². The molecule has 0 atom stereocenters. The summed E-state index contributed by atoms with van der Waals surface area (Å²) in [5.41, 5.74) is -1.19. The Balaban J connectivity index is 2.43. The number of phenolic OH excluding ortho intramolecular Hbond substituents is 1. The smallest absolute Gasteiger partial charge is 0.417 e. The maximum Gasteiger partial charge on any atom is 0.417 e. The summed E-state index contributed by atoms with van der Waals surface area (Å²) in [5.74, 6) is -0.0892. The average Bonchev–Trinajstić information content (AvgIpc) is 2.40. The first-order valence-electron chi connectivity index (χ1n) is 5.68. The zero-order chi connectivity index (χ0) is 15.7. The van der Waals surface area contributed by atoms with E-state index in [1.807, 2.05) is 4.72 Å². The number of hydrogen-bond acceptors (Lipinski definition) is 3. The molecule has 0 saturated carbocycles. The Morgan fingerprint density at radius 2 is 1.52 bits per heavy atom. The second-order valence-electron chi connectivity index (χ2n) is 4.15. The number of benzene rings is 2. The van der Waals surface area contributed by atoms with E-state index in [1.54, 1.807) is 0 Å². The number of halogens is 3. The Morgan fingerprint density at radius 1 is 0.952 bits per heavy atom. The first-order valence-corrected chi connectivity index (χ1v) is 7.16. The van der Waals surface area contributed by atoms with Gasteiger partial charge in [0.05, 0.1) is 10.5 Å². The van der Waals surface area contributed by atoms with E-state index in [1.165, 1.54) is 30.3 Å². The molecule has 0 aliphatic carbocycles. The summed E-state index contributed by atoms with van der Waals surface area (Å²) in [6.07, 6.45) is -4.78. The van der Waals surface area contributed by atoms with Crippen molar-refractivity contribution in [3.63, 3.8) is 0 Å². The number of alkyl halides is 3. The number of nitrogens with one attached hydrogen (secondary N) is 1. The highest BCUT2D eigenvalue weighted by atomic mass is 32.2.